The molecule has 0 saturated carbocycles. The van der Waals surface area contributed by atoms with Crippen LogP contribution in [0.5, 0.6) is 0 Å². The first kappa shape index (κ1) is 12.4. The smallest absolute Gasteiger partial charge is 0.194 e. The Kier molecular flexibility index (Phi) is 3.34. The van der Waals surface area contributed by atoms with E-state index in [2.05, 4.69) is 22.0 Å². The molecule has 2 aromatic carbocycles. The molecule has 0 heterocycles. The molecule has 0 saturated heterocycles. The lowest BCUT2D eigenvalue weighted by Gasteiger charge is -2.21. The van der Waals surface area contributed by atoms with Crippen molar-refractivity contribution >= 4 is 27.3 Å². The number of allylic oxidation sites excluding steroid dienone is 1. The molecule has 0 spiro atoms. The Labute approximate surface area is 121 Å². The minimum Gasteiger partial charge on any atom is -0.289 e. The van der Waals surface area contributed by atoms with E-state index in [-0.39, 0.29) is 5.78 Å². The molecule has 3 rings (SSSR count). The maximum Gasteiger partial charge on any atom is 0.194 e. The van der Waals surface area contributed by atoms with Crippen molar-refractivity contribution in [1.82, 2.24) is 0 Å². The molecule has 94 valence electrons. The number of halogens is 1. The van der Waals surface area contributed by atoms with Gasteiger partial charge < -0.3 is 0 Å². The number of alkyl halides is 1. The second-order valence-corrected chi connectivity index (χ2v) is 5.31. The fraction of sp³-hybridized carbons (Fsp3) is 0.118. The molecule has 0 unspecified atom stereocenters. The predicted octanol–water partition coefficient (Wildman–Crippen LogP) is 4.45. The summed E-state index contributed by atoms with van der Waals surface area (Å²) in [5.74, 6) is 0.127. The largest absolute Gasteiger partial charge is 0.289 e. The van der Waals surface area contributed by atoms with E-state index in [1.165, 1.54) is 5.57 Å². The van der Waals surface area contributed by atoms with Crippen LogP contribution in [-0.4, -0.2) is 11.1 Å². The van der Waals surface area contributed by atoms with Crippen LogP contribution in [0, 0.1) is 0 Å². The topological polar surface area (TPSA) is 17.1 Å². The van der Waals surface area contributed by atoms with Crippen molar-refractivity contribution in [2.24, 2.45) is 0 Å². The van der Waals surface area contributed by atoms with Crippen molar-refractivity contribution in [1.29, 1.82) is 0 Å². The molecule has 0 radical (unpaired) electrons. The summed E-state index contributed by atoms with van der Waals surface area (Å²) in [6.45, 7) is 0. The quantitative estimate of drug-likeness (QED) is 0.639. The third kappa shape index (κ3) is 2.06. The summed E-state index contributed by atoms with van der Waals surface area (Å²) in [5, 5.41) is 0.925. The average molecular weight is 313 g/mol. The average Bonchev–Trinajstić information content (AvgIpc) is 2.47. The van der Waals surface area contributed by atoms with Crippen LogP contribution in [0.25, 0.3) is 5.57 Å². The molecule has 2 heteroatoms. The van der Waals surface area contributed by atoms with Gasteiger partial charge in [-0.25, -0.2) is 0 Å². The van der Waals surface area contributed by atoms with Crippen molar-refractivity contribution < 1.29 is 4.79 Å². The number of rotatable bonds is 2. The predicted molar refractivity (Wildman–Crippen MR) is 81.8 cm³/mol. The van der Waals surface area contributed by atoms with E-state index in [0.717, 1.165) is 34.0 Å². The molecule has 0 bridgehead atoms. The Bertz CT molecular complexity index is 619. The van der Waals surface area contributed by atoms with Crippen LogP contribution in [0.3, 0.4) is 0 Å². The molecule has 1 nitrogen and oxygen atoms in total. The van der Waals surface area contributed by atoms with Gasteiger partial charge in [-0.2, -0.15) is 0 Å². The Morgan fingerprint density at radius 1 is 0.842 bits per heavy atom. The minimum absolute atomic E-state index is 0.127. The highest BCUT2D eigenvalue weighted by Crippen LogP contribution is 2.35. The molecule has 0 atom stereocenters. The van der Waals surface area contributed by atoms with Crippen LogP contribution in [0.4, 0.5) is 0 Å². The SMILES string of the molecule is O=C1c2ccccc2C(=CCCBr)c2ccccc21. The van der Waals surface area contributed by atoms with Gasteiger partial charge in [-0.3, -0.25) is 4.79 Å². The summed E-state index contributed by atoms with van der Waals surface area (Å²) in [5.41, 5.74) is 4.88. The zero-order valence-electron chi connectivity index (χ0n) is 10.4. The number of benzene rings is 2. The summed E-state index contributed by atoms with van der Waals surface area (Å²) in [6.07, 6.45) is 3.16. The Morgan fingerprint density at radius 3 is 1.79 bits per heavy atom. The third-order valence-corrected chi connectivity index (χ3v) is 3.84. The van der Waals surface area contributed by atoms with E-state index >= 15 is 0 Å². The van der Waals surface area contributed by atoms with Gasteiger partial charge in [0, 0.05) is 16.5 Å². The van der Waals surface area contributed by atoms with E-state index in [1.807, 2.05) is 48.5 Å². The van der Waals surface area contributed by atoms with Gasteiger partial charge in [0.2, 0.25) is 0 Å². The van der Waals surface area contributed by atoms with Crippen LogP contribution >= 0.6 is 15.9 Å². The number of hydrogen-bond acceptors (Lipinski definition) is 1. The highest BCUT2D eigenvalue weighted by molar-refractivity contribution is 9.09. The summed E-state index contributed by atoms with van der Waals surface area (Å²) < 4.78 is 0. The summed E-state index contributed by atoms with van der Waals surface area (Å²) in [6, 6.07) is 15.7. The zero-order chi connectivity index (χ0) is 13.2. The first-order chi connectivity index (χ1) is 9.33. The van der Waals surface area contributed by atoms with Crippen LogP contribution in [0.15, 0.2) is 54.6 Å². The van der Waals surface area contributed by atoms with Crippen molar-refractivity contribution in [3.8, 4) is 0 Å². The lowest BCUT2D eigenvalue weighted by Crippen LogP contribution is -2.14. The van der Waals surface area contributed by atoms with Gasteiger partial charge in [-0.05, 0) is 23.1 Å². The molecule has 0 aromatic heterocycles. The highest BCUT2D eigenvalue weighted by Gasteiger charge is 2.25. The Hall–Kier alpha value is -1.67. The van der Waals surface area contributed by atoms with E-state index in [0.29, 0.717) is 0 Å². The van der Waals surface area contributed by atoms with Crippen LogP contribution in [0.1, 0.15) is 33.5 Å². The van der Waals surface area contributed by atoms with E-state index in [9.17, 15) is 4.79 Å². The maximum atomic E-state index is 12.5. The van der Waals surface area contributed by atoms with Gasteiger partial charge in [0.1, 0.15) is 0 Å². The fourth-order valence-corrected chi connectivity index (χ4v) is 2.77. The van der Waals surface area contributed by atoms with Crippen molar-refractivity contribution in [3.63, 3.8) is 0 Å². The number of carbonyl (C=O) groups excluding carboxylic acids is 1. The Balaban J connectivity index is 2.26. The first-order valence-electron chi connectivity index (χ1n) is 6.32. The lowest BCUT2D eigenvalue weighted by molar-refractivity contribution is 0.103. The van der Waals surface area contributed by atoms with Crippen LogP contribution in [-0.2, 0) is 0 Å². The maximum absolute atomic E-state index is 12.5. The lowest BCUT2D eigenvalue weighted by atomic mass is 9.81. The number of fused-ring (bicyclic) bond motifs is 2. The zero-order valence-corrected chi connectivity index (χ0v) is 12.0. The fourth-order valence-electron chi connectivity index (χ4n) is 2.54. The van der Waals surface area contributed by atoms with Gasteiger partial charge in [0.25, 0.3) is 0 Å². The summed E-state index contributed by atoms with van der Waals surface area (Å²) >= 11 is 3.46. The number of ketones is 1. The first-order valence-corrected chi connectivity index (χ1v) is 7.44. The van der Waals surface area contributed by atoms with Gasteiger partial charge in [-0.15, -0.1) is 0 Å². The molecule has 1 aliphatic rings. The second-order valence-electron chi connectivity index (χ2n) is 4.52. The summed E-state index contributed by atoms with van der Waals surface area (Å²) in [4.78, 5) is 12.5. The van der Waals surface area contributed by atoms with Crippen molar-refractivity contribution in [2.75, 3.05) is 5.33 Å². The van der Waals surface area contributed by atoms with Gasteiger partial charge >= 0.3 is 0 Å². The number of carbonyl (C=O) groups is 1. The molecule has 0 N–H and O–H groups in total. The normalized spacial score (nSPS) is 12.9. The molecule has 0 amide bonds. The van der Waals surface area contributed by atoms with Crippen LogP contribution in [0.2, 0.25) is 0 Å². The summed E-state index contributed by atoms with van der Waals surface area (Å²) in [7, 11) is 0. The molecule has 19 heavy (non-hydrogen) atoms. The van der Waals surface area contributed by atoms with E-state index in [4.69, 9.17) is 0 Å². The van der Waals surface area contributed by atoms with Gasteiger partial charge in [-0.1, -0.05) is 70.5 Å². The van der Waals surface area contributed by atoms with Crippen LogP contribution < -0.4 is 0 Å². The molecule has 0 aliphatic heterocycles. The standard InChI is InChI=1S/C17H13BrO/c18-11-5-10-12-13-6-1-3-8-15(13)17(19)16-9-4-2-7-14(12)16/h1-4,6-10H,5,11H2. The third-order valence-electron chi connectivity index (χ3n) is 3.38. The molecule has 1 aliphatic carbocycles. The van der Waals surface area contributed by atoms with E-state index in [1.54, 1.807) is 0 Å². The monoisotopic (exact) mass is 312 g/mol. The highest BCUT2D eigenvalue weighted by atomic mass is 79.9. The molecular weight excluding hydrogens is 300 g/mol. The van der Waals surface area contributed by atoms with Gasteiger partial charge in [0.05, 0.1) is 0 Å². The molecule has 0 fully saturated rings. The van der Waals surface area contributed by atoms with E-state index < -0.39 is 0 Å². The van der Waals surface area contributed by atoms with Crippen molar-refractivity contribution in [2.45, 2.75) is 6.42 Å². The molecular formula is C17H13BrO. The minimum atomic E-state index is 0.127. The molecule has 2 aromatic rings. The van der Waals surface area contributed by atoms with Gasteiger partial charge in [0.15, 0.2) is 5.78 Å². The Morgan fingerprint density at radius 2 is 1.32 bits per heavy atom. The second kappa shape index (κ2) is 5.14. The number of hydrogen-bond donors (Lipinski definition) is 0. The van der Waals surface area contributed by atoms with Crippen molar-refractivity contribution in [3.05, 3.63) is 76.9 Å².